The Balaban J connectivity index is 2.77. The van der Waals surface area contributed by atoms with Crippen molar-refractivity contribution in [3.8, 4) is 12.3 Å². The van der Waals surface area contributed by atoms with Gasteiger partial charge in [0.15, 0.2) is 9.84 Å². The largest absolute Gasteiger partial charge is 0.269 e. The van der Waals surface area contributed by atoms with Crippen LogP contribution in [0, 0.1) is 19.3 Å². The summed E-state index contributed by atoms with van der Waals surface area (Å²) in [5.74, 6) is 0.849. The first-order valence-electron chi connectivity index (χ1n) is 5.37. The quantitative estimate of drug-likeness (QED) is 0.572. The van der Waals surface area contributed by atoms with E-state index in [0.29, 0.717) is 0 Å². The third-order valence-electron chi connectivity index (χ3n) is 2.30. The van der Waals surface area contributed by atoms with Crippen LogP contribution in [0.5, 0.6) is 0 Å². The first-order valence-corrected chi connectivity index (χ1v) is 8.60. The van der Waals surface area contributed by atoms with E-state index in [9.17, 15) is 16.8 Å². The second-order valence-corrected chi connectivity index (χ2v) is 7.73. The molecular formula is C12H14O5S2. The molecule has 0 saturated carbocycles. The number of terminal acetylenes is 1. The van der Waals surface area contributed by atoms with E-state index >= 15 is 0 Å². The van der Waals surface area contributed by atoms with Gasteiger partial charge in [0.1, 0.15) is 6.61 Å². The molecule has 19 heavy (non-hydrogen) atoms. The lowest BCUT2D eigenvalue weighted by molar-refractivity contribution is 0.364. The zero-order valence-electron chi connectivity index (χ0n) is 10.4. The van der Waals surface area contributed by atoms with Crippen LogP contribution in [0.4, 0.5) is 0 Å². The fourth-order valence-corrected chi connectivity index (χ4v) is 4.10. The van der Waals surface area contributed by atoms with Gasteiger partial charge in [-0.1, -0.05) is 23.6 Å². The first-order chi connectivity index (χ1) is 8.77. The third-order valence-corrected chi connectivity index (χ3v) is 5.48. The monoisotopic (exact) mass is 302 g/mol. The predicted octanol–water partition coefficient (Wildman–Crippen LogP) is 0.748. The molecule has 0 N–H and O–H groups in total. The molecular weight excluding hydrogens is 288 g/mol. The molecule has 1 aromatic rings. The molecule has 0 aromatic heterocycles. The number of aryl methyl sites for hydroxylation is 1. The van der Waals surface area contributed by atoms with Gasteiger partial charge in [0.2, 0.25) is 0 Å². The van der Waals surface area contributed by atoms with Crippen LogP contribution in [0.1, 0.15) is 5.56 Å². The lowest BCUT2D eigenvalue weighted by atomic mass is 10.2. The Bertz CT molecular complexity index is 664. The zero-order valence-corrected chi connectivity index (χ0v) is 12.0. The first kappa shape index (κ1) is 15.7. The Morgan fingerprint density at radius 3 is 2.21 bits per heavy atom. The Hall–Kier alpha value is -1.36. The molecule has 0 saturated heterocycles. The number of rotatable bonds is 6. The molecule has 104 valence electrons. The van der Waals surface area contributed by atoms with Crippen LogP contribution in [-0.2, 0) is 24.1 Å². The van der Waals surface area contributed by atoms with Crippen molar-refractivity contribution in [3.63, 3.8) is 0 Å². The van der Waals surface area contributed by atoms with E-state index < -0.39 is 38.1 Å². The minimum Gasteiger partial charge on any atom is -0.257 e. The fraction of sp³-hybridized carbons (Fsp3) is 0.333. The van der Waals surface area contributed by atoms with E-state index in [-0.39, 0.29) is 4.90 Å². The molecule has 0 heterocycles. The maximum atomic E-state index is 11.9. The van der Waals surface area contributed by atoms with Gasteiger partial charge in [-0.25, -0.2) is 8.42 Å². The van der Waals surface area contributed by atoms with E-state index in [2.05, 4.69) is 4.18 Å². The van der Waals surface area contributed by atoms with Crippen molar-refractivity contribution in [2.24, 2.45) is 0 Å². The summed E-state index contributed by atoms with van der Waals surface area (Å²) in [4.78, 5) is 0.0882. The molecule has 0 bridgehead atoms. The van der Waals surface area contributed by atoms with Crippen molar-refractivity contribution < 1.29 is 21.0 Å². The van der Waals surface area contributed by atoms with Crippen LogP contribution < -0.4 is 0 Å². The Morgan fingerprint density at radius 1 is 1.11 bits per heavy atom. The molecule has 0 aliphatic rings. The molecule has 0 fully saturated rings. The summed E-state index contributed by atoms with van der Waals surface area (Å²) in [6.07, 6.45) is 4.87. The molecule has 0 unspecified atom stereocenters. The summed E-state index contributed by atoms with van der Waals surface area (Å²) in [6.45, 7) is 1.43. The molecule has 0 spiro atoms. The third kappa shape index (κ3) is 5.03. The Morgan fingerprint density at radius 2 is 1.68 bits per heavy atom. The van der Waals surface area contributed by atoms with Crippen molar-refractivity contribution in [2.45, 2.75) is 11.8 Å². The Labute approximate surface area is 113 Å². The maximum Gasteiger partial charge on any atom is 0.269 e. The average molecular weight is 302 g/mol. The lowest BCUT2D eigenvalue weighted by Gasteiger charge is -2.05. The standard InChI is InChI=1S/C12H14O5S2/c1-3-8-17-19(15,16)10-9-18(13,14)12-6-4-11(2)5-7-12/h1,4-7H,8-10H2,2H3. The number of sulfone groups is 1. The van der Waals surface area contributed by atoms with Crippen molar-refractivity contribution in [1.29, 1.82) is 0 Å². The van der Waals surface area contributed by atoms with Crippen molar-refractivity contribution in [3.05, 3.63) is 29.8 Å². The van der Waals surface area contributed by atoms with Gasteiger partial charge >= 0.3 is 0 Å². The van der Waals surface area contributed by atoms with Gasteiger partial charge < -0.3 is 0 Å². The summed E-state index contributed by atoms with van der Waals surface area (Å²) < 4.78 is 50.9. The molecule has 1 aromatic carbocycles. The Kier molecular flexibility index (Phi) is 5.11. The van der Waals surface area contributed by atoms with Crippen molar-refractivity contribution in [2.75, 3.05) is 18.1 Å². The van der Waals surface area contributed by atoms with Gasteiger partial charge in [0.25, 0.3) is 10.1 Å². The molecule has 7 heteroatoms. The highest BCUT2D eigenvalue weighted by Crippen LogP contribution is 2.12. The van der Waals surface area contributed by atoms with Crippen molar-refractivity contribution in [1.82, 2.24) is 0 Å². The lowest BCUT2D eigenvalue weighted by Crippen LogP contribution is -2.19. The van der Waals surface area contributed by atoms with Crippen LogP contribution >= 0.6 is 0 Å². The topological polar surface area (TPSA) is 77.5 Å². The van der Waals surface area contributed by atoms with Crippen LogP contribution in [0.3, 0.4) is 0 Å². The van der Waals surface area contributed by atoms with Gasteiger partial charge in [-0.3, -0.25) is 4.18 Å². The zero-order chi connectivity index (χ0) is 14.5. The van der Waals surface area contributed by atoms with E-state index in [0.717, 1.165) is 5.56 Å². The predicted molar refractivity (Wildman–Crippen MR) is 71.8 cm³/mol. The number of hydrogen-bond donors (Lipinski definition) is 0. The average Bonchev–Trinajstić information content (AvgIpc) is 2.35. The maximum absolute atomic E-state index is 11.9. The van der Waals surface area contributed by atoms with Crippen LogP contribution in [0.15, 0.2) is 29.2 Å². The van der Waals surface area contributed by atoms with E-state index in [4.69, 9.17) is 6.42 Å². The second-order valence-electron chi connectivity index (χ2n) is 3.86. The van der Waals surface area contributed by atoms with Crippen molar-refractivity contribution >= 4 is 20.0 Å². The molecule has 0 radical (unpaired) electrons. The highest BCUT2D eigenvalue weighted by atomic mass is 32.2. The summed E-state index contributed by atoms with van der Waals surface area (Å²) in [5, 5.41) is 0. The van der Waals surface area contributed by atoms with Gasteiger partial charge in [0.05, 0.1) is 16.4 Å². The number of benzene rings is 1. The normalized spacial score (nSPS) is 12.0. The van der Waals surface area contributed by atoms with Gasteiger partial charge in [0, 0.05) is 0 Å². The smallest absolute Gasteiger partial charge is 0.257 e. The van der Waals surface area contributed by atoms with Crippen LogP contribution in [-0.4, -0.2) is 34.9 Å². The van der Waals surface area contributed by atoms with Gasteiger partial charge in [-0.05, 0) is 19.1 Å². The number of hydrogen-bond acceptors (Lipinski definition) is 5. The van der Waals surface area contributed by atoms with Gasteiger partial charge in [-0.15, -0.1) is 6.42 Å². The second kappa shape index (κ2) is 6.19. The molecule has 1 rings (SSSR count). The summed E-state index contributed by atoms with van der Waals surface area (Å²) in [5.41, 5.74) is 0.920. The molecule has 5 nitrogen and oxygen atoms in total. The molecule has 0 amide bonds. The van der Waals surface area contributed by atoms with E-state index in [1.807, 2.05) is 12.8 Å². The van der Waals surface area contributed by atoms with E-state index in [1.54, 1.807) is 12.1 Å². The highest BCUT2D eigenvalue weighted by molar-refractivity contribution is 7.93. The molecule has 0 aliphatic carbocycles. The summed E-state index contributed by atoms with van der Waals surface area (Å²) >= 11 is 0. The van der Waals surface area contributed by atoms with Crippen LogP contribution in [0.25, 0.3) is 0 Å². The highest BCUT2D eigenvalue weighted by Gasteiger charge is 2.20. The van der Waals surface area contributed by atoms with Crippen LogP contribution in [0.2, 0.25) is 0 Å². The summed E-state index contributed by atoms with van der Waals surface area (Å²) in [6, 6.07) is 6.19. The van der Waals surface area contributed by atoms with E-state index in [1.165, 1.54) is 12.1 Å². The minimum absolute atomic E-state index is 0.0882. The summed E-state index contributed by atoms with van der Waals surface area (Å²) in [7, 11) is -7.56. The molecule has 0 aliphatic heterocycles. The SMILES string of the molecule is C#CCOS(=O)(=O)CCS(=O)(=O)c1ccc(C)cc1. The van der Waals surface area contributed by atoms with Gasteiger partial charge in [-0.2, -0.15) is 8.42 Å². The fourth-order valence-electron chi connectivity index (χ4n) is 1.26. The minimum atomic E-state index is -3.91. The molecule has 0 atom stereocenters.